The number of nitrogens with one attached hydrogen (secondary N) is 1. The Morgan fingerprint density at radius 2 is 1.93 bits per heavy atom. The van der Waals surface area contributed by atoms with E-state index >= 15 is 0 Å². The molecule has 1 aromatic carbocycles. The van der Waals surface area contributed by atoms with Gasteiger partial charge in [-0.1, -0.05) is 6.07 Å². The normalized spacial score (nSPS) is 30.3. The fourth-order valence-electron chi connectivity index (χ4n) is 5.00. The molecule has 5 rings (SSSR count). The molecule has 1 saturated heterocycles. The van der Waals surface area contributed by atoms with E-state index in [1.807, 2.05) is 0 Å². The zero-order chi connectivity index (χ0) is 21.3. The number of hydrogen-bond acceptors (Lipinski definition) is 5. The molecule has 2 bridgehead atoms. The predicted molar refractivity (Wildman–Crippen MR) is 109 cm³/mol. The van der Waals surface area contributed by atoms with Gasteiger partial charge < -0.3 is 14.4 Å². The molecular weight excluding hydrogens is 411 g/mol. The first-order valence-electron chi connectivity index (χ1n) is 10.6. The van der Waals surface area contributed by atoms with Crippen LogP contribution in [0.4, 0.5) is 4.39 Å². The third kappa shape index (κ3) is 4.78. The van der Waals surface area contributed by atoms with E-state index in [0.717, 1.165) is 31.9 Å². The average molecular weight is 441 g/mol. The number of fused-ring (bicyclic) bond motifs is 5. The van der Waals surface area contributed by atoms with Gasteiger partial charge in [-0.15, -0.1) is 0 Å². The summed E-state index contributed by atoms with van der Waals surface area (Å²) in [7, 11) is -3.42. The number of halogens is 1. The zero-order valence-electron chi connectivity index (χ0n) is 17.2. The Hall–Kier alpha value is -1.71. The Morgan fingerprint density at radius 1 is 1.17 bits per heavy atom. The van der Waals surface area contributed by atoms with E-state index in [9.17, 15) is 17.6 Å². The quantitative estimate of drug-likeness (QED) is 0.762. The first-order valence-corrected chi connectivity index (χ1v) is 12.5. The second-order valence-corrected chi connectivity index (χ2v) is 10.3. The minimum absolute atomic E-state index is 0.0240. The molecule has 1 aliphatic carbocycles. The van der Waals surface area contributed by atoms with Gasteiger partial charge in [-0.05, 0) is 56.6 Å². The molecule has 0 radical (unpaired) electrons. The Morgan fingerprint density at radius 3 is 2.67 bits per heavy atom. The van der Waals surface area contributed by atoms with Crippen LogP contribution in [0.25, 0.3) is 0 Å². The van der Waals surface area contributed by atoms with Crippen molar-refractivity contribution in [2.24, 2.45) is 0 Å². The summed E-state index contributed by atoms with van der Waals surface area (Å²) in [5, 5.41) is 0. The summed E-state index contributed by atoms with van der Waals surface area (Å²) < 4.78 is 53.0. The SMILES string of the molecule is CS(=O)(=O)NC1CCCN2C(=O)COc3cccc(F)c3[C@H]3CC[C@H](CC3)OC[C@@H]12. The van der Waals surface area contributed by atoms with Crippen molar-refractivity contribution >= 4 is 15.9 Å². The van der Waals surface area contributed by atoms with Crippen LogP contribution in [-0.2, 0) is 19.6 Å². The van der Waals surface area contributed by atoms with E-state index in [2.05, 4.69) is 4.72 Å². The molecule has 3 aliphatic heterocycles. The van der Waals surface area contributed by atoms with Crippen molar-refractivity contribution in [3.05, 3.63) is 29.6 Å². The van der Waals surface area contributed by atoms with Crippen LogP contribution < -0.4 is 9.46 Å². The molecule has 3 heterocycles. The maximum absolute atomic E-state index is 14.6. The molecule has 1 N–H and O–H groups in total. The van der Waals surface area contributed by atoms with Crippen LogP contribution in [0.1, 0.15) is 50.0 Å². The lowest BCUT2D eigenvalue weighted by Crippen LogP contribution is -2.59. The number of ether oxygens (including phenoxy) is 2. The van der Waals surface area contributed by atoms with Crippen molar-refractivity contribution in [3.8, 4) is 5.75 Å². The highest BCUT2D eigenvalue weighted by atomic mass is 32.2. The molecule has 4 aliphatic rings. The maximum Gasteiger partial charge on any atom is 0.260 e. The summed E-state index contributed by atoms with van der Waals surface area (Å²) in [6.45, 7) is 0.575. The molecule has 1 amide bonds. The summed E-state index contributed by atoms with van der Waals surface area (Å²) in [5.41, 5.74) is 0.551. The average Bonchev–Trinajstić information content (AvgIpc) is 2.71. The van der Waals surface area contributed by atoms with Gasteiger partial charge in [-0.2, -0.15) is 0 Å². The van der Waals surface area contributed by atoms with E-state index < -0.39 is 22.1 Å². The third-order valence-corrected chi connectivity index (χ3v) is 7.14. The zero-order valence-corrected chi connectivity index (χ0v) is 18.0. The smallest absolute Gasteiger partial charge is 0.260 e. The Kier molecular flexibility index (Phi) is 6.31. The van der Waals surface area contributed by atoms with Crippen LogP contribution in [0, 0.1) is 5.82 Å². The lowest BCUT2D eigenvalue weighted by atomic mass is 9.82. The fourth-order valence-corrected chi connectivity index (χ4v) is 5.82. The topological polar surface area (TPSA) is 84.9 Å². The first kappa shape index (κ1) is 21.5. The molecule has 1 saturated carbocycles. The summed E-state index contributed by atoms with van der Waals surface area (Å²) >= 11 is 0. The van der Waals surface area contributed by atoms with E-state index in [-0.39, 0.29) is 37.0 Å². The fraction of sp³-hybridized carbons (Fsp3) is 0.667. The van der Waals surface area contributed by atoms with E-state index in [1.165, 1.54) is 6.07 Å². The minimum atomic E-state index is -3.42. The minimum Gasteiger partial charge on any atom is -0.483 e. The first-order chi connectivity index (χ1) is 14.3. The Balaban J connectivity index is 1.63. The number of piperidine rings is 1. The number of rotatable bonds is 2. The van der Waals surface area contributed by atoms with Gasteiger partial charge in [0.2, 0.25) is 10.0 Å². The number of hydrogen-bond donors (Lipinski definition) is 1. The van der Waals surface area contributed by atoms with Gasteiger partial charge in [0.15, 0.2) is 6.61 Å². The van der Waals surface area contributed by atoms with Gasteiger partial charge in [-0.3, -0.25) is 4.79 Å². The van der Waals surface area contributed by atoms with Crippen molar-refractivity contribution in [2.75, 3.05) is 26.0 Å². The molecular formula is C21H29FN2O5S. The number of carbonyl (C=O) groups excluding carboxylic acids is 1. The van der Waals surface area contributed by atoms with Crippen LogP contribution in [-0.4, -0.2) is 63.4 Å². The molecule has 166 valence electrons. The number of nitrogens with zero attached hydrogens (tertiary/aromatic N) is 1. The highest BCUT2D eigenvalue weighted by Crippen LogP contribution is 2.40. The van der Waals surface area contributed by atoms with Gasteiger partial charge in [0, 0.05) is 18.2 Å². The second kappa shape index (κ2) is 8.80. The van der Waals surface area contributed by atoms with Gasteiger partial charge in [0.25, 0.3) is 5.91 Å². The number of carbonyl (C=O) groups is 1. The Bertz CT molecular complexity index is 885. The summed E-state index contributed by atoms with van der Waals surface area (Å²) in [6.07, 6.45) is 5.65. The van der Waals surface area contributed by atoms with Crippen molar-refractivity contribution in [2.45, 2.75) is 62.6 Å². The lowest BCUT2D eigenvalue weighted by Gasteiger charge is -2.41. The van der Waals surface area contributed by atoms with Crippen molar-refractivity contribution in [1.82, 2.24) is 9.62 Å². The standard InChI is InChI=1S/C21H29FN2O5S/c1-30(26,27)23-17-5-3-11-24-18(17)12-28-15-9-7-14(8-10-15)21-16(22)4-2-6-19(21)29-13-20(24)25/h2,4,6,14-15,17-18,23H,3,5,7-13H2,1H3/t14-,15+,17?,18-/m0/s1. The van der Waals surface area contributed by atoms with Gasteiger partial charge in [-0.25, -0.2) is 17.5 Å². The second-order valence-electron chi connectivity index (χ2n) is 8.54. The van der Waals surface area contributed by atoms with Crippen molar-refractivity contribution in [3.63, 3.8) is 0 Å². The van der Waals surface area contributed by atoms with Crippen LogP contribution in [0.15, 0.2) is 18.2 Å². The van der Waals surface area contributed by atoms with E-state index in [1.54, 1.807) is 17.0 Å². The largest absolute Gasteiger partial charge is 0.483 e. The van der Waals surface area contributed by atoms with Crippen LogP contribution in [0.3, 0.4) is 0 Å². The molecule has 0 aromatic heterocycles. The highest BCUT2D eigenvalue weighted by Gasteiger charge is 2.38. The highest BCUT2D eigenvalue weighted by molar-refractivity contribution is 7.88. The lowest BCUT2D eigenvalue weighted by molar-refractivity contribution is -0.140. The molecule has 1 aromatic rings. The van der Waals surface area contributed by atoms with Crippen LogP contribution in [0.2, 0.25) is 0 Å². The van der Waals surface area contributed by atoms with Gasteiger partial charge in [0.1, 0.15) is 11.6 Å². The number of amides is 1. The van der Waals surface area contributed by atoms with E-state index in [4.69, 9.17) is 9.47 Å². The summed E-state index contributed by atoms with van der Waals surface area (Å²) in [4.78, 5) is 14.7. The molecule has 2 fully saturated rings. The number of benzene rings is 1. The molecule has 2 atom stereocenters. The molecule has 30 heavy (non-hydrogen) atoms. The van der Waals surface area contributed by atoms with Crippen molar-refractivity contribution < 1.29 is 27.1 Å². The monoisotopic (exact) mass is 440 g/mol. The van der Waals surface area contributed by atoms with Crippen LogP contribution >= 0.6 is 0 Å². The van der Waals surface area contributed by atoms with Crippen LogP contribution in [0.5, 0.6) is 5.75 Å². The summed E-state index contributed by atoms with van der Waals surface area (Å²) in [6, 6.07) is 3.96. The van der Waals surface area contributed by atoms with Gasteiger partial charge >= 0.3 is 0 Å². The molecule has 9 heteroatoms. The maximum atomic E-state index is 14.6. The predicted octanol–water partition coefficient (Wildman–Crippen LogP) is 2.17. The Labute approximate surface area is 177 Å². The van der Waals surface area contributed by atoms with Gasteiger partial charge in [0.05, 0.1) is 25.0 Å². The molecule has 1 unspecified atom stereocenters. The molecule has 0 spiro atoms. The third-order valence-electron chi connectivity index (χ3n) is 6.41. The summed E-state index contributed by atoms with van der Waals surface area (Å²) in [5.74, 6) is -0.0802. The number of sulfonamides is 1. The van der Waals surface area contributed by atoms with E-state index in [0.29, 0.717) is 30.7 Å². The molecule has 7 nitrogen and oxygen atoms in total. The van der Waals surface area contributed by atoms with Crippen molar-refractivity contribution in [1.29, 1.82) is 0 Å².